The van der Waals surface area contributed by atoms with Gasteiger partial charge in [0.15, 0.2) is 5.82 Å². The lowest BCUT2D eigenvalue weighted by Crippen LogP contribution is -2.19. The summed E-state index contributed by atoms with van der Waals surface area (Å²) in [5.74, 6) is -1.79. The number of aliphatic carboxylic acids is 1. The number of carboxylic acid groups (broad SMARTS) is 1. The van der Waals surface area contributed by atoms with Crippen molar-refractivity contribution in [3.8, 4) is 22.5 Å². The van der Waals surface area contributed by atoms with Gasteiger partial charge in [0.2, 0.25) is 0 Å². The minimum atomic E-state index is -4.57. The van der Waals surface area contributed by atoms with E-state index >= 15 is 0 Å². The van der Waals surface area contributed by atoms with Gasteiger partial charge in [-0.05, 0) is 59.7 Å². The van der Waals surface area contributed by atoms with Crippen molar-refractivity contribution in [2.75, 3.05) is 0 Å². The predicted molar refractivity (Wildman–Crippen MR) is 128 cm³/mol. The Hall–Kier alpha value is -3.63. The fraction of sp³-hybridized carbons (Fsp3) is 0.296. The van der Waals surface area contributed by atoms with Gasteiger partial charge < -0.3 is 15.3 Å². The quantitative estimate of drug-likeness (QED) is 0.327. The molecule has 1 heterocycles. The zero-order valence-corrected chi connectivity index (χ0v) is 19.5. The van der Waals surface area contributed by atoms with Crippen molar-refractivity contribution in [1.29, 1.82) is 0 Å². The van der Waals surface area contributed by atoms with Crippen LogP contribution in [0.15, 0.2) is 54.9 Å². The fourth-order valence-electron chi connectivity index (χ4n) is 4.07. The second-order valence-electron chi connectivity index (χ2n) is 9.02. The molecule has 2 atom stereocenters. The fourth-order valence-corrected chi connectivity index (χ4v) is 4.07. The third-order valence-electron chi connectivity index (χ3n) is 6.01. The number of aromatic nitrogens is 2. The van der Waals surface area contributed by atoms with E-state index in [1.54, 1.807) is 0 Å². The molecule has 3 N–H and O–H groups in total. The Labute approximate surface area is 210 Å². The van der Waals surface area contributed by atoms with Gasteiger partial charge in [-0.25, -0.2) is 14.4 Å². The number of hydrogen-bond donors (Lipinski definition) is 3. The van der Waals surface area contributed by atoms with Gasteiger partial charge in [0.25, 0.3) is 0 Å². The average molecular weight is 516 g/mol. The summed E-state index contributed by atoms with van der Waals surface area (Å²) in [6.45, 7) is 0. The van der Waals surface area contributed by atoms with Crippen molar-refractivity contribution < 1.29 is 37.7 Å². The van der Waals surface area contributed by atoms with Crippen molar-refractivity contribution in [1.82, 2.24) is 9.97 Å². The molecule has 194 valence electrons. The van der Waals surface area contributed by atoms with Crippen LogP contribution in [0.2, 0.25) is 0 Å². The summed E-state index contributed by atoms with van der Waals surface area (Å²) in [6.07, 6.45) is -0.729. The van der Waals surface area contributed by atoms with E-state index in [0.717, 1.165) is 6.07 Å². The number of hydrogen-bond acceptors (Lipinski definition) is 5. The molecule has 0 saturated heterocycles. The Balaban J connectivity index is 1.66. The lowest BCUT2D eigenvalue weighted by molar-refractivity contribution is -0.140. The van der Waals surface area contributed by atoms with Gasteiger partial charge in [-0.15, -0.1) is 0 Å². The lowest BCUT2D eigenvalue weighted by Gasteiger charge is -2.18. The zero-order chi connectivity index (χ0) is 26.7. The van der Waals surface area contributed by atoms with Gasteiger partial charge >= 0.3 is 12.1 Å². The van der Waals surface area contributed by atoms with Crippen molar-refractivity contribution in [2.24, 2.45) is 0 Å². The Morgan fingerprint density at radius 3 is 2.27 bits per heavy atom. The third-order valence-corrected chi connectivity index (χ3v) is 6.01. The molecule has 1 aromatic heterocycles. The standard InChI is InChI=1S/C27H24F4N2O4/c28-18-6-4-16(5-7-18)21-11-22(17-2-3-17)24(27(29,30)31)12-23(21)26-32-13-15(14-33-26)1-8-19(34)9-20(35)10-25(36)37/h1,4-8,11-14,17,19-20,34-35H,2-3,9-10H2,(H,36,37)/b8-1+. The first-order chi connectivity index (χ1) is 17.5. The molecule has 1 saturated carbocycles. The Morgan fingerprint density at radius 2 is 1.70 bits per heavy atom. The average Bonchev–Trinajstić information content (AvgIpc) is 3.67. The number of nitrogens with zero attached hydrogens (tertiary/aromatic N) is 2. The van der Waals surface area contributed by atoms with Crippen molar-refractivity contribution in [2.45, 2.75) is 50.0 Å². The topological polar surface area (TPSA) is 104 Å². The van der Waals surface area contributed by atoms with E-state index in [-0.39, 0.29) is 29.3 Å². The van der Waals surface area contributed by atoms with Gasteiger partial charge in [0, 0.05) is 29.9 Å². The largest absolute Gasteiger partial charge is 0.481 e. The Bertz CT molecular complexity index is 1290. The molecule has 1 aliphatic rings. The van der Waals surface area contributed by atoms with Gasteiger partial charge in [0.05, 0.1) is 24.2 Å². The summed E-state index contributed by atoms with van der Waals surface area (Å²) in [5.41, 5.74) is 1.03. The van der Waals surface area contributed by atoms with Crippen LogP contribution in [0.3, 0.4) is 0 Å². The third kappa shape index (κ3) is 6.78. The molecule has 3 aromatic rings. The highest BCUT2D eigenvalue weighted by Crippen LogP contribution is 2.49. The molecular weight excluding hydrogens is 492 g/mol. The van der Waals surface area contributed by atoms with Gasteiger partial charge in [-0.2, -0.15) is 13.2 Å². The number of benzene rings is 2. The van der Waals surface area contributed by atoms with Crippen LogP contribution in [0.25, 0.3) is 28.6 Å². The van der Waals surface area contributed by atoms with Crippen LogP contribution in [0.4, 0.5) is 17.6 Å². The molecule has 4 rings (SSSR count). The van der Waals surface area contributed by atoms with Crippen molar-refractivity contribution >= 4 is 12.0 Å². The van der Waals surface area contributed by atoms with Crippen LogP contribution in [-0.2, 0) is 11.0 Å². The van der Waals surface area contributed by atoms with Gasteiger partial charge in [-0.1, -0.05) is 24.3 Å². The van der Waals surface area contributed by atoms with Crippen molar-refractivity contribution in [3.63, 3.8) is 0 Å². The first-order valence-corrected chi connectivity index (χ1v) is 11.6. The molecule has 0 radical (unpaired) electrons. The highest BCUT2D eigenvalue weighted by atomic mass is 19.4. The monoisotopic (exact) mass is 516 g/mol. The number of carbonyl (C=O) groups is 1. The van der Waals surface area contributed by atoms with E-state index in [4.69, 9.17) is 5.11 Å². The Kier molecular flexibility index (Phi) is 7.70. The molecule has 1 aliphatic carbocycles. The molecule has 10 heteroatoms. The maximum absolute atomic E-state index is 13.9. The summed E-state index contributed by atoms with van der Waals surface area (Å²) in [4.78, 5) is 19.1. The second kappa shape index (κ2) is 10.8. The van der Waals surface area contributed by atoms with Crippen LogP contribution in [0.5, 0.6) is 0 Å². The first kappa shape index (κ1) is 26.4. The summed E-state index contributed by atoms with van der Waals surface area (Å²) in [7, 11) is 0. The second-order valence-corrected chi connectivity index (χ2v) is 9.02. The summed E-state index contributed by atoms with van der Waals surface area (Å²) in [6, 6.07) is 8.01. The van der Waals surface area contributed by atoms with Crippen LogP contribution < -0.4 is 0 Å². The highest BCUT2D eigenvalue weighted by Gasteiger charge is 2.39. The number of alkyl halides is 3. The van der Waals surface area contributed by atoms with E-state index in [1.165, 1.54) is 54.9 Å². The number of halogens is 4. The molecule has 0 spiro atoms. The van der Waals surface area contributed by atoms with Crippen LogP contribution >= 0.6 is 0 Å². The van der Waals surface area contributed by atoms with Crippen LogP contribution in [-0.4, -0.2) is 43.5 Å². The van der Waals surface area contributed by atoms with E-state index in [9.17, 15) is 32.6 Å². The summed E-state index contributed by atoms with van der Waals surface area (Å²) in [5, 5.41) is 28.3. The van der Waals surface area contributed by atoms with E-state index in [2.05, 4.69) is 9.97 Å². The highest BCUT2D eigenvalue weighted by molar-refractivity contribution is 5.82. The molecule has 0 aliphatic heterocycles. The van der Waals surface area contributed by atoms with E-state index in [1.807, 2.05) is 0 Å². The summed E-state index contributed by atoms with van der Waals surface area (Å²) < 4.78 is 55.4. The Morgan fingerprint density at radius 1 is 1.05 bits per heavy atom. The molecule has 6 nitrogen and oxygen atoms in total. The molecule has 1 fully saturated rings. The summed E-state index contributed by atoms with van der Waals surface area (Å²) >= 11 is 0. The molecule has 0 bridgehead atoms. The van der Waals surface area contributed by atoms with Crippen LogP contribution in [0, 0.1) is 5.82 Å². The maximum Gasteiger partial charge on any atom is 0.416 e. The normalized spacial score (nSPS) is 15.6. The van der Waals surface area contributed by atoms with E-state index < -0.39 is 42.2 Å². The van der Waals surface area contributed by atoms with Gasteiger partial charge in [-0.3, -0.25) is 4.79 Å². The smallest absolute Gasteiger partial charge is 0.416 e. The number of rotatable bonds is 9. The SMILES string of the molecule is O=C(O)CC(O)CC(O)/C=C/c1cnc(-c2cc(C(F)(F)F)c(C3CC3)cc2-c2ccc(F)cc2)nc1. The minimum Gasteiger partial charge on any atom is -0.481 e. The van der Waals surface area contributed by atoms with Crippen LogP contribution in [0.1, 0.15) is 48.3 Å². The number of aliphatic hydroxyl groups excluding tert-OH is 2. The maximum atomic E-state index is 13.9. The predicted octanol–water partition coefficient (Wildman–Crippen LogP) is 5.45. The molecule has 37 heavy (non-hydrogen) atoms. The minimum absolute atomic E-state index is 0.0433. The first-order valence-electron chi connectivity index (χ1n) is 11.6. The van der Waals surface area contributed by atoms with Crippen molar-refractivity contribution in [3.05, 3.63) is 77.4 Å². The lowest BCUT2D eigenvalue weighted by atomic mass is 9.91. The van der Waals surface area contributed by atoms with E-state index in [0.29, 0.717) is 29.5 Å². The molecular formula is C27H24F4N2O4. The molecule has 2 aromatic carbocycles. The zero-order valence-electron chi connectivity index (χ0n) is 19.5. The molecule has 0 amide bonds. The molecule has 2 unspecified atom stereocenters. The number of aliphatic hydroxyl groups is 2. The van der Waals surface area contributed by atoms with Gasteiger partial charge in [0.1, 0.15) is 5.82 Å². The number of carboxylic acids is 1.